The van der Waals surface area contributed by atoms with E-state index in [9.17, 15) is 4.79 Å². The van der Waals surface area contributed by atoms with Crippen molar-refractivity contribution in [2.45, 2.75) is 45.6 Å². The quantitative estimate of drug-likeness (QED) is 0.771. The summed E-state index contributed by atoms with van der Waals surface area (Å²) in [4.78, 5) is 16.4. The van der Waals surface area contributed by atoms with Crippen molar-refractivity contribution in [3.05, 3.63) is 44.9 Å². The maximum atomic E-state index is 12.7. The lowest BCUT2D eigenvalue weighted by atomic mass is 10.1. The Balaban J connectivity index is 1.79. The molecule has 1 aliphatic heterocycles. The topological polar surface area (TPSA) is 20.3 Å². The second-order valence-electron chi connectivity index (χ2n) is 5.92. The summed E-state index contributed by atoms with van der Waals surface area (Å²) in [6, 6.07) is 8.02. The van der Waals surface area contributed by atoms with Crippen molar-refractivity contribution in [2.75, 3.05) is 13.1 Å². The number of hydrogen-bond donors (Lipinski definition) is 0. The van der Waals surface area contributed by atoms with E-state index in [1.54, 1.807) is 0 Å². The molecule has 2 nitrogen and oxygen atoms in total. The van der Waals surface area contributed by atoms with E-state index in [1.165, 1.54) is 30.6 Å². The molecule has 0 unspecified atom stereocenters. The Kier molecular flexibility index (Phi) is 4.71. The molecule has 0 N–H and O–H groups in total. The lowest BCUT2D eigenvalue weighted by Crippen LogP contribution is -2.34. The van der Waals surface area contributed by atoms with Gasteiger partial charge in [0.1, 0.15) is 0 Å². The van der Waals surface area contributed by atoms with Gasteiger partial charge in [-0.2, -0.15) is 0 Å². The van der Waals surface area contributed by atoms with Crippen LogP contribution >= 0.6 is 11.3 Å². The van der Waals surface area contributed by atoms with E-state index in [2.05, 4.69) is 17.9 Å². The van der Waals surface area contributed by atoms with Crippen LogP contribution in [0, 0.1) is 0 Å². The molecule has 21 heavy (non-hydrogen) atoms. The molecule has 2 heterocycles. The summed E-state index contributed by atoms with van der Waals surface area (Å²) in [5.74, 6) is 0. The van der Waals surface area contributed by atoms with Gasteiger partial charge in [-0.15, -0.1) is 11.3 Å². The van der Waals surface area contributed by atoms with Gasteiger partial charge in [-0.3, -0.25) is 9.69 Å². The van der Waals surface area contributed by atoms with Gasteiger partial charge in [-0.25, -0.2) is 0 Å². The van der Waals surface area contributed by atoms with E-state index in [0.717, 1.165) is 41.7 Å². The highest BCUT2D eigenvalue weighted by molar-refractivity contribution is 7.18. The zero-order chi connectivity index (χ0) is 14.7. The molecule has 0 fully saturated rings. The molecular formula is C18H23NOS. The van der Waals surface area contributed by atoms with Crippen molar-refractivity contribution in [3.8, 4) is 0 Å². The zero-order valence-electron chi connectivity index (χ0n) is 12.7. The molecular weight excluding hydrogens is 278 g/mol. The number of nitrogens with zero attached hydrogens (tertiary/aromatic N) is 1. The molecule has 0 aliphatic carbocycles. The van der Waals surface area contributed by atoms with Crippen molar-refractivity contribution in [1.29, 1.82) is 0 Å². The Morgan fingerprint density at radius 2 is 2.05 bits per heavy atom. The summed E-state index contributed by atoms with van der Waals surface area (Å²) in [5, 5.41) is 0.897. The largest absolute Gasteiger partial charge is 0.299 e. The maximum Gasteiger partial charge on any atom is 0.192 e. The molecule has 112 valence electrons. The van der Waals surface area contributed by atoms with Crippen molar-refractivity contribution < 1.29 is 0 Å². The number of rotatable bonds is 5. The van der Waals surface area contributed by atoms with Crippen LogP contribution in [0.1, 0.15) is 43.0 Å². The molecule has 0 amide bonds. The first-order valence-corrected chi connectivity index (χ1v) is 8.87. The van der Waals surface area contributed by atoms with Gasteiger partial charge in [-0.05, 0) is 31.5 Å². The van der Waals surface area contributed by atoms with Gasteiger partial charge in [0.25, 0.3) is 0 Å². The lowest BCUT2D eigenvalue weighted by Gasteiger charge is -2.28. The molecule has 0 radical (unpaired) electrons. The first-order chi connectivity index (χ1) is 10.3. The third-order valence-corrected chi connectivity index (χ3v) is 5.61. The fraction of sp³-hybridized carbons (Fsp3) is 0.500. The maximum absolute atomic E-state index is 12.7. The summed E-state index contributed by atoms with van der Waals surface area (Å²) < 4.78 is 1.14. The van der Waals surface area contributed by atoms with E-state index in [4.69, 9.17) is 0 Å². The fourth-order valence-corrected chi connectivity index (χ4v) is 4.26. The smallest absolute Gasteiger partial charge is 0.192 e. The minimum absolute atomic E-state index is 0.262. The molecule has 0 saturated heterocycles. The van der Waals surface area contributed by atoms with E-state index in [1.807, 2.05) is 29.5 Å². The minimum Gasteiger partial charge on any atom is -0.299 e. The number of fused-ring (bicyclic) bond motifs is 2. The van der Waals surface area contributed by atoms with Gasteiger partial charge < -0.3 is 0 Å². The number of benzene rings is 1. The van der Waals surface area contributed by atoms with Crippen molar-refractivity contribution in [2.24, 2.45) is 0 Å². The predicted octanol–water partition coefficient (Wildman–Crippen LogP) is 4.20. The Bertz CT molecular complexity index is 676. The molecule has 1 aromatic heterocycles. The molecule has 0 bridgehead atoms. The normalized spacial score (nSPS) is 15.3. The van der Waals surface area contributed by atoms with Crippen LogP contribution in [0.5, 0.6) is 0 Å². The molecule has 0 atom stereocenters. The third kappa shape index (κ3) is 3.19. The molecule has 1 aliphatic rings. The van der Waals surface area contributed by atoms with Crippen LogP contribution in [-0.2, 0) is 13.0 Å². The predicted molar refractivity (Wildman–Crippen MR) is 91.2 cm³/mol. The van der Waals surface area contributed by atoms with Crippen molar-refractivity contribution in [3.63, 3.8) is 0 Å². The van der Waals surface area contributed by atoms with Crippen LogP contribution in [0.3, 0.4) is 0 Å². The summed E-state index contributed by atoms with van der Waals surface area (Å²) in [7, 11) is 0. The molecule has 1 aromatic carbocycles. The van der Waals surface area contributed by atoms with Gasteiger partial charge in [0.2, 0.25) is 0 Å². The summed E-state index contributed by atoms with van der Waals surface area (Å²) in [6.45, 7) is 5.33. The van der Waals surface area contributed by atoms with Crippen LogP contribution in [0.25, 0.3) is 10.1 Å². The summed E-state index contributed by atoms with van der Waals surface area (Å²) >= 11 is 1.81. The van der Waals surface area contributed by atoms with Crippen LogP contribution < -0.4 is 5.43 Å². The van der Waals surface area contributed by atoms with E-state index in [0.29, 0.717) is 0 Å². The third-order valence-electron chi connectivity index (χ3n) is 4.34. The van der Waals surface area contributed by atoms with Gasteiger partial charge in [0, 0.05) is 33.6 Å². The highest BCUT2D eigenvalue weighted by atomic mass is 32.1. The highest BCUT2D eigenvalue weighted by Crippen LogP contribution is 2.26. The Morgan fingerprint density at radius 3 is 2.90 bits per heavy atom. The second kappa shape index (κ2) is 6.71. The van der Waals surface area contributed by atoms with Crippen molar-refractivity contribution in [1.82, 2.24) is 4.90 Å². The highest BCUT2D eigenvalue weighted by Gasteiger charge is 2.20. The minimum atomic E-state index is 0.262. The lowest BCUT2D eigenvalue weighted by molar-refractivity contribution is 0.249. The Morgan fingerprint density at radius 1 is 1.19 bits per heavy atom. The Hall–Kier alpha value is -1.19. The second-order valence-corrected chi connectivity index (χ2v) is 7.05. The summed E-state index contributed by atoms with van der Waals surface area (Å²) in [6.07, 6.45) is 6.21. The van der Waals surface area contributed by atoms with Crippen LogP contribution in [-0.4, -0.2) is 18.0 Å². The molecule has 0 saturated carbocycles. The fourth-order valence-electron chi connectivity index (χ4n) is 3.10. The van der Waals surface area contributed by atoms with Gasteiger partial charge in [0.05, 0.1) is 0 Å². The monoisotopic (exact) mass is 301 g/mol. The standard InChI is InChI=1S/C18H23NOS/c1-2-3-4-7-11-19-12-10-17-15(13-19)18(20)14-8-5-6-9-16(14)21-17/h5-6,8-9H,2-4,7,10-13H2,1H3. The average molecular weight is 301 g/mol. The summed E-state index contributed by atoms with van der Waals surface area (Å²) in [5.41, 5.74) is 1.32. The zero-order valence-corrected chi connectivity index (χ0v) is 13.5. The first-order valence-electron chi connectivity index (χ1n) is 8.05. The number of unbranched alkanes of at least 4 members (excludes halogenated alkanes) is 3. The van der Waals surface area contributed by atoms with Gasteiger partial charge in [0.15, 0.2) is 5.43 Å². The molecule has 3 heteroatoms. The van der Waals surface area contributed by atoms with Crippen molar-refractivity contribution >= 4 is 21.4 Å². The van der Waals surface area contributed by atoms with E-state index in [-0.39, 0.29) is 5.43 Å². The van der Waals surface area contributed by atoms with Crippen LogP contribution in [0.15, 0.2) is 29.1 Å². The van der Waals surface area contributed by atoms with Gasteiger partial charge in [-0.1, -0.05) is 38.3 Å². The Labute approximate surface area is 130 Å². The molecule has 2 aromatic rings. The SMILES string of the molecule is CCCCCCN1CCc2sc3ccccc3c(=O)c2C1. The first kappa shape index (κ1) is 14.7. The van der Waals surface area contributed by atoms with Crippen LogP contribution in [0.4, 0.5) is 0 Å². The van der Waals surface area contributed by atoms with E-state index >= 15 is 0 Å². The van der Waals surface area contributed by atoms with E-state index < -0.39 is 0 Å². The molecule has 3 rings (SSSR count). The van der Waals surface area contributed by atoms with Crippen LogP contribution in [0.2, 0.25) is 0 Å². The molecule has 0 spiro atoms. The van der Waals surface area contributed by atoms with Gasteiger partial charge >= 0.3 is 0 Å². The number of hydrogen-bond acceptors (Lipinski definition) is 3. The average Bonchev–Trinajstić information content (AvgIpc) is 2.52.